The molecule has 5 heteroatoms. The Labute approximate surface area is 126 Å². The van der Waals surface area contributed by atoms with E-state index in [0.717, 1.165) is 27.9 Å². The topological polar surface area (TPSA) is 44.1 Å². The first kappa shape index (κ1) is 14.8. The Morgan fingerprint density at radius 1 is 1.45 bits per heavy atom. The van der Waals surface area contributed by atoms with E-state index in [2.05, 4.69) is 21.0 Å². The second-order valence-corrected chi connectivity index (χ2v) is 5.49. The summed E-state index contributed by atoms with van der Waals surface area (Å²) in [5.41, 5.74) is 2.40. The molecule has 4 nitrogen and oxygen atoms in total. The van der Waals surface area contributed by atoms with Gasteiger partial charge in [-0.3, -0.25) is 9.48 Å². The average Bonchev–Trinajstić information content (AvgIpc) is 2.80. The van der Waals surface area contributed by atoms with Gasteiger partial charge in [0.05, 0.1) is 18.4 Å². The van der Waals surface area contributed by atoms with Crippen LogP contribution in [-0.4, -0.2) is 22.7 Å². The van der Waals surface area contributed by atoms with E-state index in [4.69, 9.17) is 4.74 Å². The van der Waals surface area contributed by atoms with Crippen LogP contribution in [0.3, 0.4) is 0 Å². The fourth-order valence-electron chi connectivity index (χ4n) is 2.18. The van der Waals surface area contributed by atoms with E-state index in [0.29, 0.717) is 12.0 Å². The number of ketones is 1. The largest absolute Gasteiger partial charge is 0.496 e. The minimum atomic E-state index is 0.0614. The van der Waals surface area contributed by atoms with Gasteiger partial charge in [0, 0.05) is 29.7 Å². The summed E-state index contributed by atoms with van der Waals surface area (Å²) in [5.74, 6) is 0.787. The number of Topliss-reactive ketones (excluding diaryl/α,β-unsaturated/α-hetero) is 1. The lowest BCUT2D eigenvalue weighted by atomic mass is 10.0. The van der Waals surface area contributed by atoms with Crippen LogP contribution < -0.4 is 4.74 Å². The Bertz CT molecular complexity index is 635. The SMILES string of the molecule is CCc1nn(C)cc1C(=O)Cc1cc(Br)ccc1OC. The van der Waals surface area contributed by atoms with Crippen molar-refractivity contribution < 1.29 is 9.53 Å². The van der Waals surface area contributed by atoms with Gasteiger partial charge in [0.1, 0.15) is 5.75 Å². The second kappa shape index (κ2) is 6.22. The molecule has 0 saturated carbocycles. The number of aryl methyl sites for hydroxylation is 2. The maximum absolute atomic E-state index is 12.5. The van der Waals surface area contributed by atoms with Crippen LogP contribution in [0.2, 0.25) is 0 Å². The number of hydrogen-bond acceptors (Lipinski definition) is 3. The van der Waals surface area contributed by atoms with Gasteiger partial charge in [0.15, 0.2) is 5.78 Å². The van der Waals surface area contributed by atoms with Crippen molar-refractivity contribution in [3.8, 4) is 5.75 Å². The molecule has 0 bridgehead atoms. The van der Waals surface area contributed by atoms with Gasteiger partial charge in [0.25, 0.3) is 0 Å². The minimum absolute atomic E-state index is 0.0614. The van der Waals surface area contributed by atoms with Gasteiger partial charge < -0.3 is 4.74 Å². The van der Waals surface area contributed by atoms with E-state index >= 15 is 0 Å². The molecule has 2 aromatic rings. The monoisotopic (exact) mass is 336 g/mol. The minimum Gasteiger partial charge on any atom is -0.496 e. The third kappa shape index (κ3) is 3.10. The van der Waals surface area contributed by atoms with E-state index in [1.165, 1.54) is 0 Å². The Hall–Kier alpha value is -1.62. The molecule has 0 unspecified atom stereocenters. The Kier molecular flexibility index (Phi) is 4.60. The first-order valence-electron chi connectivity index (χ1n) is 6.43. The highest BCUT2D eigenvalue weighted by Crippen LogP contribution is 2.24. The van der Waals surface area contributed by atoms with Gasteiger partial charge >= 0.3 is 0 Å². The normalized spacial score (nSPS) is 10.6. The fraction of sp³-hybridized carbons (Fsp3) is 0.333. The number of rotatable bonds is 5. The number of nitrogens with zero attached hydrogens (tertiary/aromatic N) is 2. The van der Waals surface area contributed by atoms with Crippen LogP contribution in [0.15, 0.2) is 28.9 Å². The Morgan fingerprint density at radius 2 is 2.20 bits per heavy atom. The van der Waals surface area contributed by atoms with Gasteiger partial charge in [-0.05, 0) is 24.6 Å². The summed E-state index contributed by atoms with van der Waals surface area (Å²) in [6, 6.07) is 5.67. The molecule has 0 saturated heterocycles. The van der Waals surface area contributed by atoms with Crippen molar-refractivity contribution in [2.75, 3.05) is 7.11 Å². The van der Waals surface area contributed by atoms with Crippen LogP contribution in [0.5, 0.6) is 5.75 Å². The van der Waals surface area contributed by atoms with Gasteiger partial charge in [-0.2, -0.15) is 5.10 Å². The third-order valence-corrected chi connectivity index (χ3v) is 3.63. The van der Waals surface area contributed by atoms with E-state index in [9.17, 15) is 4.79 Å². The van der Waals surface area contributed by atoms with E-state index in [1.54, 1.807) is 18.0 Å². The van der Waals surface area contributed by atoms with Crippen LogP contribution in [0.1, 0.15) is 28.5 Å². The quantitative estimate of drug-likeness (QED) is 0.787. The molecule has 106 valence electrons. The number of carbonyl (C=O) groups is 1. The molecule has 0 aliphatic carbocycles. The lowest BCUT2D eigenvalue weighted by Gasteiger charge is -2.08. The number of ether oxygens (including phenoxy) is 1. The number of halogens is 1. The summed E-state index contributed by atoms with van der Waals surface area (Å²) in [5, 5.41) is 4.31. The van der Waals surface area contributed by atoms with Crippen LogP contribution in [-0.2, 0) is 19.9 Å². The summed E-state index contributed by atoms with van der Waals surface area (Å²) in [6.45, 7) is 2.00. The summed E-state index contributed by atoms with van der Waals surface area (Å²) in [7, 11) is 3.44. The molecule has 1 aromatic heterocycles. The zero-order valence-electron chi connectivity index (χ0n) is 11.8. The van der Waals surface area contributed by atoms with Crippen LogP contribution in [0.4, 0.5) is 0 Å². The van der Waals surface area contributed by atoms with Crippen LogP contribution in [0, 0.1) is 0 Å². The lowest BCUT2D eigenvalue weighted by molar-refractivity contribution is 0.0991. The van der Waals surface area contributed by atoms with Crippen molar-refractivity contribution in [1.82, 2.24) is 9.78 Å². The molecule has 0 aliphatic rings. The maximum atomic E-state index is 12.5. The molecule has 0 atom stereocenters. The third-order valence-electron chi connectivity index (χ3n) is 3.13. The molecular weight excluding hydrogens is 320 g/mol. The van der Waals surface area contributed by atoms with Gasteiger partial charge in [-0.15, -0.1) is 0 Å². The summed E-state index contributed by atoms with van der Waals surface area (Å²) in [4.78, 5) is 12.5. The molecule has 0 N–H and O–H groups in total. The number of aromatic nitrogens is 2. The lowest BCUT2D eigenvalue weighted by Crippen LogP contribution is -2.06. The standard InChI is InChI=1S/C15H17BrN2O2/c1-4-13-12(9-18(2)17-13)14(19)8-10-7-11(16)5-6-15(10)20-3/h5-7,9H,4,8H2,1-3H3. The number of methoxy groups -OCH3 is 1. The molecular formula is C15H17BrN2O2. The highest BCUT2D eigenvalue weighted by atomic mass is 79.9. The Balaban J connectivity index is 2.29. The van der Waals surface area contributed by atoms with Crippen LogP contribution >= 0.6 is 15.9 Å². The van der Waals surface area contributed by atoms with Crippen molar-refractivity contribution in [3.63, 3.8) is 0 Å². The molecule has 0 radical (unpaired) electrons. The second-order valence-electron chi connectivity index (χ2n) is 4.57. The highest BCUT2D eigenvalue weighted by molar-refractivity contribution is 9.10. The van der Waals surface area contributed by atoms with Gasteiger partial charge in [-0.1, -0.05) is 22.9 Å². The zero-order valence-corrected chi connectivity index (χ0v) is 13.4. The molecule has 1 aromatic carbocycles. The van der Waals surface area contributed by atoms with Gasteiger partial charge in [0.2, 0.25) is 0 Å². The van der Waals surface area contributed by atoms with E-state index in [-0.39, 0.29) is 5.78 Å². The number of hydrogen-bond donors (Lipinski definition) is 0. The predicted octanol–water partition coefficient (Wildman–Crippen LogP) is 3.18. The average molecular weight is 337 g/mol. The van der Waals surface area contributed by atoms with Crippen molar-refractivity contribution in [2.24, 2.45) is 7.05 Å². The van der Waals surface area contributed by atoms with Crippen molar-refractivity contribution >= 4 is 21.7 Å². The first-order valence-corrected chi connectivity index (χ1v) is 7.22. The first-order chi connectivity index (χ1) is 9.55. The summed E-state index contributed by atoms with van der Waals surface area (Å²) in [6.07, 6.45) is 2.84. The zero-order chi connectivity index (χ0) is 14.7. The molecule has 0 spiro atoms. The molecule has 20 heavy (non-hydrogen) atoms. The summed E-state index contributed by atoms with van der Waals surface area (Å²) < 4.78 is 7.92. The molecule has 0 amide bonds. The molecule has 2 rings (SSSR count). The smallest absolute Gasteiger partial charge is 0.170 e. The predicted molar refractivity (Wildman–Crippen MR) is 81.3 cm³/mol. The molecule has 0 fully saturated rings. The fourth-order valence-corrected chi connectivity index (χ4v) is 2.59. The number of benzene rings is 1. The molecule has 1 heterocycles. The van der Waals surface area contributed by atoms with Crippen molar-refractivity contribution in [3.05, 3.63) is 45.7 Å². The summed E-state index contributed by atoms with van der Waals surface area (Å²) >= 11 is 3.42. The van der Waals surface area contributed by atoms with E-state index in [1.807, 2.05) is 32.2 Å². The van der Waals surface area contributed by atoms with Gasteiger partial charge in [-0.25, -0.2) is 0 Å². The van der Waals surface area contributed by atoms with Crippen LogP contribution in [0.25, 0.3) is 0 Å². The molecule has 0 aliphatic heterocycles. The maximum Gasteiger partial charge on any atom is 0.170 e. The Morgan fingerprint density at radius 3 is 2.85 bits per heavy atom. The highest BCUT2D eigenvalue weighted by Gasteiger charge is 2.16. The van der Waals surface area contributed by atoms with Crippen molar-refractivity contribution in [1.29, 1.82) is 0 Å². The van der Waals surface area contributed by atoms with Crippen molar-refractivity contribution in [2.45, 2.75) is 19.8 Å². The number of carbonyl (C=O) groups excluding carboxylic acids is 1. The van der Waals surface area contributed by atoms with E-state index < -0.39 is 0 Å².